The fraction of sp³-hybridized carbons (Fsp3) is 0.409. The first kappa shape index (κ1) is 19.1. The van der Waals surface area contributed by atoms with E-state index >= 15 is 0 Å². The molecule has 1 aliphatic carbocycles. The molecule has 2 aromatic rings. The summed E-state index contributed by atoms with van der Waals surface area (Å²) in [5.74, 6) is 2.53. The van der Waals surface area contributed by atoms with E-state index in [1.165, 1.54) is 0 Å². The van der Waals surface area contributed by atoms with Crippen LogP contribution in [0.15, 0.2) is 36.4 Å². The van der Waals surface area contributed by atoms with Crippen molar-refractivity contribution >= 4 is 11.6 Å². The molecule has 0 N–H and O–H groups in total. The van der Waals surface area contributed by atoms with Gasteiger partial charge in [0.2, 0.25) is 0 Å². The number of hydrogen-bond donors (Lipinski definition) is 0. The van der Waals surface area contributed by atoms with Crippen LogP contribution in [0.5, 0.6) is 17.2 Å². The highest BCUT2D eigenvalue weighted by atomic mass is 16.5. The Morgan fingerprint density at radius 2 is 1.56 bits per heavy atom. The molecule has 27 heavy (non-hydrogen) atoms. The van der Waals surface area contributed by atoms with Crippen LogP contribution in [0.3, 0.4) is 0 Å². The zero-order valence-corrected chi connectivity index (χ0v) is 16.6. The maximum Gasteiger partial charge on any atom is 0.258 e. The molecule has 0 radical (unpaired) electrons. The molecule has 5 heteroatoms. The van der Waals surface area contributed by atoms with Crippen molar-refractivity contribution in [3.8, 4) is 17.2 Å². The lowest BCUT2D eigenvalue weighted by Gasteiger charge is -2.30. The fourth-order valence-electron chi connectivity index (χ4n) is 3.42. The van der Waals surface area contributed by atoms with Crippen molar-refractivity contribution in [3.63, 3.8) is 0 Å². The highest BCUT2D eigenvalue weighted by molar-refractivity contribution is 6.07. The lowest BCUT2D eigenvalue weighted by Crippen LogP contribution is -2.40. The average Bonchev–Trinajstić information content (AvgIpc) is 3.54. The van der Waals surface area contributed by atoms with Crippen molar-refractivity contribution in [2.24, 2.45) is 5.92 Å². The maximum atomic E-state index is 13.5. The van der Waals surface area contributed by atoms with Crippen LogP contribution in [0.25, 0.3) is 0 Å². The van der Waals surface area contributed by atoms with Gasteiger partial charge in [0.25, 0.3) is 5.91 Å². The third kappa shape index (κ3) is 3.87. The highest BCUT2D eigenvalue weighted by Crippen LogP contribution is 2.38. The topological polar surface area (TPSA) is 48.0 Å². The summed E-state index contributed by atoms with van der Waals surface area (Å²) >= 11 is 0. The molecule has 0 aromatic heterocycles. The number of anilines is 1. The number of carbonyl (C=O) groups excluding carboxylic acids is 1. The third-order valence-electron chi connectivity index (χ3n) is 5.28. The molecule has 1 aliphatic rings. The van der Waals surface area contributed by atoms with E-state index in [1.807, 2.05) is 36.1 Å². The second kappa shape index (κ2) is 7.91. The predicted octanol–water partition coefficient (Wildman–Crippen LogP) is 4.47. The van der Waals surface area contributed by atoms with Gasteiger partial charge in [-0.2, -0.15) is 0 Å². The molecule has 144 valence electrons. The van der Waals surface area contributed by atoms with Crippen LogP contribution in [-0.2, 0) is 0 Å². The van der Waals surface area contributed by atoms with E-state index in [9.17, 15) is 4.79 Å². The lowest BCUT2D eigenvalue weighted by atomic mass is 10.1. The van der Waals surface area contributed by atoms with E-state index in [0.29, 0.717) is 23.0 Å². The normalized spacial score (nSPS) is 14.4. The minimum absolute atomic E-state index is 0.0591. The van der Waals surface area contributed by atoms with Gasteiger partial charge in [-0.15, -0.1) is 0 Å². The van der Waals surface area contributed by atoms with Gasteiger partial charge in [-0.25, -0.2) is 0 Å². The van der Waals surface area contributed by atoms with Crippen molar-refractivity contribution in [2.75, 3.05) is 26.2 Å². The Hall–Kier alpha value is -2.69. The zero-order valence-electron chi connectivity index (χ0n) is 16.6. The highest BCUT2D eigenvalue weighted by Gasteiger charge is 2.36. The molecule has 0 aliphatic heterocycles. The van der Waals surface area contributed by atoms with E-state index < -0.39 is 0 Å². The van der Waals surface area contributed by atoms with Crippen LogP contribution in [0.2, 0.25) is 0 Å². The van der Waals surface area contributed by atoms with Gasteiger partial charge in [0.05, 0.1) is 21.3 Å². The van der Waals surface area contributed by atoms with Gasteiger partial charge in [0, 0.05) is 22.9 Å². The number of hydrogen-bond acceptors (Lipinski definition) is 4. The van der Waals surface area contributed by atoms with Gasteiger partial charge in [-0.1, -0.05) is 0 Å². The molecule has 0 spiro atoms. The minimum atomic E-state index is -0.0591. The molecule has 1 amide bonds. The molecule has 0 saturated heterocycles. The van der Waals surface area contributed by atoms with Crippen LogP contribution in [0.1, 0.15) is 35.7 Å². The molecule has 1 saturated carbocycles. The Kier molecular flexibility index (Phi) is 5.59. The SMILES string of the molecule is COc1ccc(N(C(=O)c2cc(OC)c(C)c(OC)c2)C(C)C2CC2)cc1. The summed E-state index contributed by atoms with van der Waals surface area (Å²) in [5.41, 5.74) is 2.29. The first-order valence-corrected chi connectivity index (χ1v) is 9.20. The third-order valence-corrected chi connectivity index (χ3v) is 5.28. The summed E-state index contributed by atoms with van der Waals surface area (Å²) in [6.45, 7) is 4.03. The van der Waals surface area contributed by atoms with E-state index in [4.69, 9.17) is 14.2 Å². The molecule has 2 aromatic carbocycles. The van der Waals surface area contributed by atoms with Crippen molar-refractivity contribution < 1.29 is 19.0 Å². The molecule has 1 atom stereocenters. The number of rotatable bonds is 7. The summed E-state index contributed by atoms with van der Waals surface area (Å²) in [7, 11) is 4.84. The van der Waals surface area contributed by atoms with E-state index in [1.54, 1.807) is 33.5 Å². The number of benzene rings is 2. The van der Waals surface area contributed by atoms with Crippen LogP contribution in [-0.4, -0.2) is 33.3 Å². The number of methoxy groups -OCH3 is 3. The molecule has 1 fully saturated rings. The average molecular weight is 369 g/mol. The maximum absolute atomic E-state index is 13.5. The Bertz CT molecular complexity index is 787. The summed E-state index contributed by atoms with van der Waals surface area (Å²) in [5, 5.41) is 0. The van der Waals surface area contributed by atoms with E-state index in [0.717, 1.165) is 29.8 Å². The monoisotopic (exact) mass is 369 g/mol. The van der Waals surface area contributed by atoms with Gasteiger partial charge >= 0.3 is 0 Å². The van der Waals surface area contributed by atoms with Crippen molar-refractivity contribution in [2.45, 2.75) is 32.7 Å². The molecule has 0 heterocycles. The summed E-state index contributed by atoms with van der Waals surface area (Å²) in [4.78, 5) is 15.4. The zero-order chi connectivity index (χ0) is 19.6. The summed E-state index contributed by atoms with van der Waals surface area (Å²) in [6, 6.07) is 11.3. The van der Waals surface area contributed by atoms with E-state index in [-0.39, 0.29) is 11.9 Å². The van der Waals surface area contributed by atoms with Crippen LogP contribution >= 0.6 is 0 Å². The van der Waals surface area contributed by atoms with Gasteiger partial charge in [-0.3, -0.25) is 4.79 Å². The predicted molar refractivity (Wildman–Crippen MR) is 106 cm³/mol. The second-order valence-corrected chi connectivity index (χ2v) is 6.96. The second-order valence-electron chi connectivity index (χ2n) is 6.96. The van der Waals surface area contributed by atoms with Crippen molar-refractivity contribution in [1.29, 1.82) is 0 Å². The first-order chi connectivity index (χ1) is 13.0. The van der Waals surface area contributed by atoms with Crippen molar-refractivity contribution in [1.82, 2.24) is 0 Å². The Labute approximate surface area is 160 Å². The van der Waals surface area contributed by atoms with Crippen LogP contribution in [0, 0.1) is 12.8 Å². The number of carbonyl (C=O) groups is 1. The smallest absolute Gasteiger partial charge is 0.258 e. The van der Waals surface area contributed by atoms with Crippen LogP contribution in [0.4, 0.5) is 5.69 Å². The minimum Gasteiger partial charge on any atom is -0.497 e. The molecule has 5 nitrogen and oxygen atoms in total. The first-order valence-electron chi connectivity index (χ1n) is 9.20. The Balaban J connectivity index is 2.02. The van der Waals surface area contributed by atoms with E-state index in [2.05, 4.69) is 6.92 Å². The number of amides is 1. The Morgan fingerprint density at radius 1 is 1.00 bits per heavy atom. The summed E-state index contributed by atoms with van der Waals surface area (Å²) in [6.07, 6.45) is 2.31. The quantitative estimate of drug-likeness (QED) is 0.723. The standard InChI is InChI=1S/C22H27NO4/c1-14-20(26-4)12-17(13-21(14)27-5)22(24)23(15(2)16-6-7-16)18-8-10-19(25-3)11-9-18/h8-13,15-16H,6-7H2,1-5H3. The van der Waals surface area contributed by atoms with Crippen molar-refractivity contribution in [3.05, 3.63) is 47.5 Å². The van der Waals surface area contributed by atoms with Gasteiger partial charge < -0.3 is 19.1 Å². The number of nitrogens with zero attached hydrogens (tertiary/aromatic N) is 1. The molecular formula is C22H27NO4. The fourth-order valence-corrected chi connectivity index (χ4v) is 3.42. The molecule has 1 unspecified atom stereocenters. The largest absolute Gasteiger partial charge is 0.497 e. The molecule has 3 rings (SSSR count). The molecule has 0 bridgehead atoms. The lowest BCUT2D eigenvalue weighted by molar-refractivity contribution is 0.0975. The summed E-state index contributed by atoms with van der Waals surface area (Å²) < 4.78 is 16.1. The molecular weight excluding hydrogens is 342 g/mol. The Morgan fingerprint density at radius 3 is 2.00 bits per heavy atom. The van der Waals surface area contributed by atoms with Gasteiger partial charge in [0.15, 0.2) is 0 Å². The van der Waals surface area contributed by atoms with Gasteiger partial charge in [0.1, 0.15) is 17.2 Å². The number of ether oxygens (including phenoxy) is 3. The van der Waals surface area contributed by atoms with Gasteiger partial charge in [-0.05, 0) is 69.0 Å². The van der Waals surface area contributed by atoms with Crippen LogP contribution < -0.4 is 19.1 Å².